The summed E-state index contributed by atoms with van der Waals surface area (Å²) in [6, 6.07) is 132. The highest BCUT2D eigenvalue weighted by atomic mass is 32.1. The van der Waals surface area contributed by atoms with E-state index < -0.39 is 0 Å². The number of oxazole rings is 2. The van der Waals surface area contributed by atoms with Gasteiger partial charge in [0.05, 0.1) is 44.1 Å². The minimum atomic E-state index is 0.608. The molecule has 0 aliphatic carbocycles. The van der Waals surface area contributed by atoms with Gasteiger partial charge in [-0.05, 0) is 158 Å². The summed E-state index contributed by atoms with van der Waals surface area (Å²) in [5.41, 5.74) is 17.7. The van der Waals surface area contributed by atoms with Gasteiger partial charge in [0.2, 0.25) is 5.95 Å². The van der Waals surface area contributed by atoms with Crippen molar-refractivity contribution in [2.75, 3.05) is 0 Å². The Morgan fingerprint density at radius 2 is 0.570 bits per heavy atom. The van der Waals surface area contributed by atoms with Crippen LogP contribution in [0.15, 0.2) is 404 Å². The topological polar surface area (TPSA) is 136 Å². The first-order valence-electron chi connectivity index (χ1n) is 42.3. The molecule has 128 heavy (non-hydrogen) atoms. The number of hydrogen-bond donors (Lipinski definition) is 0. The molecule has 0 spiro atoms. The van der Waals surface area contributed by atoms with E-state index in [-0.39, 0.29) is 0 Å². The largest absolute Gasteiger partial charge is 0.443 e. The Hall–Kier alpha value is -16.2. The van der Waals surface area contributed by atoms with E-state index in [0.717, 1.165) is 72.3 Å². The molecule has 0 unspecified atom stereocenters. The van der Waals surface area contributed by atoms with Crippen molar-refractivity contribution in [1.82, 2.24) is 53.2 Å². The molecule has 0 bridgehead atoms. The third-order valence-electron chi connectivity index (χ3n) is 24.6. The highest BCUT2D eigenvalue weighted by Gasteiger charge is 2.25. The molecule has 29 rings (SSSR count). The number of benzene rings is 17. The van der Waals surface area contributed by atoms with E-state index in [2.05, 4.69) is 312 Å². The lowest BCUT2D eigenvalue weighted by Gasteiger charge is -2.11. The van der Waals surface area contributed by atoms with E-state index in [9.17, 15) is 0 Å². The number of thiophene rings is 4. The highest BCUT2D eigenvalue weighted by molar-refractivity contribution is 7.27. The average Bonchev–Trinajstić information content (AvgIpc) is 1.58. The number of rotatable bonds is 7. The van der Waals surface area contributed by atoms with Gasteiger partial charge in [-0.1, -0.05) is 218 Å². The number of fused-ring (bicyclic) bond motifs is 30. The second kappa shape index (κ2) is 29.8. The van der Waals surface area contributed by atoms with Gasteiger partial charge in [-0.15, -0.1) is 45.3 Å². The van der Waals surface area contributed by atoms with E-state index in [1.165, 1.54) is 152 Å². The molecule has 0 radical (unpaired) electrons. The number of nitrogens with zero attached hydrogens (tertiary/aromatic N) is 11. The standard InChI is InChI=1S/C39H24N4S.2C25H14N2OS.C22H13N3S/c1-3-11-25(12-4-1)37-40-38(26-13-5-2-6-14-26)42-39(41-37)27-19-21-28(22-20-27)43-31-17-9-7-15-29(31)35-32(43)23-24-34-36(35)30-16-8-10-18-33(30)44-34;1-4-10-18-15(7-1)23-19(27(18)25-26-17-9-3-5-11-20(17)28-25)13-14-22-24(23)16-8-2-6-12-21(16)29-22;1-3-7-19-16(5-1)24-20(27(19)15-9-11-21-18(13-15)26-14-28-21)10-12-23-25(24)17-6-2-4-8-22(17)29-23;1-3-8-16-14(6-1)20-17(25(16)22-23-12-5-13-24-22)10-11-19-21(20)15-7-2-4-9-18(15)26-19/h1-24H;2*1-14H;1-13H. The second-order valence-electron chi connectivity index (χ2n) is 31.7. The average molecular weight is 1710 g/mol. The maximum absolute atomic E-state index is 6.16. The SMILES string of the molecule is c1ccc(-c2nc(-c3ccccc3)nc(-c3ccc(-n4c5ccccc5c5c6c(ccc54)sc4ccccc46)cc3)n2)cc1.c1ccc2c(c1)sc1ccc3c(c4ccccc4n3-c3ccc4ocnc4c3)c12.c1ccc2oc(-n3c4ccccc4c4c5c(ccc43)sc3ccccc35)nc2c1.c1cnc(-n2c3ccccc3c3c4c(ccc32)sc2ccccc24)nc1. The quantitative estimate of drug-likeness (QED) is 0.153. The summed E-state index contributed by atoms with van der Waals surface area (Å²) >= 11 is 7.42. The predicted octanol–water partition coefficient (Wildman–Crippen LogP) is 30.9. The van der Waals surface area contributed by atoms with E-state index in [1.54, 1.807) is 12.4 Å². The summed E-state index contributed by atoms with van der Waals surface area (Å²) < 4.78 is 31.2. The van der Waals surface area contributed by atoms with Gasteiger partial charge < -0.3 is 18.0 Å². The first-order chi connectivity index (χ1) is 63.5. The van der Waals surface area contributed by atoms with Crippen LogP contribution < -0.4 is 0 Å². The summed E-state index contributed by atoms with van der Waals surface area (Å²) in [4.78, 5) is 32.8. The van der Waals surface area contributed by atoms with Gasteiger partial charge in [0.1, 0.15) is 11.0 Å². The molecule has 29 aromatic rings. The molecular weight excluding hydrogens is 1650 g/mol. The summed E-state index contributed by atoms with van der Waals surface area (Å²) in [7, 11) is 0. The molecule has 0 fully saturated rings. The first-order valence-corrected chi connectivity index (χ1v) is 45.6. The zero-order valence-electron chi connectivity index (χ0n) is 67.9. The van der Waals surface area contributed by atoms with Gasteiger partial charge in [0.25, 0.3) is 0 Å². The summed E-state index contributed by atoms with van der Waals surface area (Å²) in [5.74, 6) is 2.68. The highest BCUT2D eigenvalue weighted by Crippen LogP contribution is 2.49. The number of aromatic nitrogens is 11. The molecule has 13 nitrogen and oxygen atoms in total. The van der Waals surface area contributed by atoms with Gasteiger partial charge >= 0.3 is 6.01 Å². The molecule has 12 heterocycles. The fourth-order valence-corrected chi connectivity index (χ4v) is 23.6. The zero-order chi connectivity index (χ0) is 84.0. The van der Waals surface area contributed by atoms with Gasteiger partial charge in [0.15, 0.2) is 35.0 Å². The Balaban J connectivity index is 0.0000000924. The van der Waals surface area contributed by atoms with Crippen LogP contribution in [0.4, 0.5) is 0 Å². The van der Waals surface area contributed by atoms with Crippen LogP contribution in [0.25, 0.3) is 248 Å². The van der Waals surface area contributed by atoms with Crippen molar-refractivity contribution >= 4 is 235 Å². The second-order valence-corrected chi connectivity index (χ2v) is 36.1. The molecule has 0 aliphatic rings. The van der Waals surface area contributed by atoms with Crippen LogP contribution in [0, 0.1) is 0 Å². The van der Waals surface area contributed by atoms with Crippen LogP contribution in [0.3, 0.4) is 0 Å². The van der Waals surface area contributed by atoms with Crippen molar-refractivity contribution in [3.8, 4) is 57.5 Å². The van der Waals surface area contributed by atoms with Crippen LogP contribution in [0.5, 0.6) is 0 Å². The molecule has 17 aromatic carbocycles. The summed E-state index contributed by atoms with van der Waals surface area (Å²) in [5, 5.41) is 20.7. The minimum absolute atomic E-state index is 0.608. The maximum Gasteiger partial charge on any atom is 0.307 e. The van der Waals surface area contributed by atoms with E-state index >= 15 is 0 Å². The van der Waals surface area contributed by atoms with Crippen molar-refractivity contribution in [3.05, 3.63) is 395 Å². The smallest absolute Gasteiger partial charge is 0.307 e. The Labute approximate surface area is 744 Å². The van der Waals surface area contributed by atoms with Crippen molar-refractivity contribution in [3.63, 3.8) is 0 Å². The molecule has 0 aliphatic heterocycles. The van der Waals surface area contributed by atoms with Crippen LogP contribution >= 0.6 is 45.3 Å². The van der Waals surface area contributed by atoms with Gasteiger partial charge in [-0.2, -0.15) is 4.98 Å². The number of para-hydroxylation sites is 6. The van der Waals surface area contributed by atoms with Crippen molar-refractivity contribution < 1.29 is 8.83 Å². The molecule has 0 amide bonds. The van der Waals surface area contributed by atoms with Crippen LogP contribution in [-0.2, 0) is 0 Å². The molecule has 17 heteroatoms. The summed E-state index contributed by atoms with van der Waals surface area (Å²) in [6.07, 6.45) is 5.09. The minimum Gasteiger partial charge on any atom is -0.443 e. The van der Waals surface area contributed by atoms with Gasteiger partial charge in [-0.25, -0.2) is 29.9 Å². The third kappa shape index (κ3) is 11.8. The fraction of sp³-hybridized carbons (Fsp3) is 0. The van der Waals surface area contributed by atoms with Gasteiger partial charge in [0, 0.05) is 164 Å². The molecule has 12 aromatic heterocycles. The molecule has 0 saturated heterocycles. The zero-order valence-corrected chi connectivity index (χ0v) is 71.2. The van der Waals surface area contributed by atoms with Gasteiger partial charge in [-0.3, -0.25) is 9.13 Å². The van der Waals surface area contributed by atoms with Crippen molar-refractivity contribution in [1.29, 1.82) is 0 Å². The monoisotopic (exact) mass is 1710 g/mol. The Morgan fingerprint density at radius 3 is 1.02 bits per heavy atom. The van der Waals surface area contributed by atoms with Crippen molar-refractivity contribution in [2.45, 2.75) is 0 Å². The fourth-order valence-electron chi connectivity index (χ4n) is 19.1. The normalized spacial score (nSPS) is 11.9. The van der Waals surface area contributed by atoms with Crippen LogP contribution in [0.2, 0.25) is 0 Å². The first kappa shape index (κ1) is 73.4. The Morgan fingerprint density at radius 1 is 0.219 bits per heavy atom. The molecule has 0 saturated carbocycles. The van der Waals surface area contributed by atoms with E-state index in [0.29, 0.717) is 29.4 Å². The summed E-state index contributed by atoms with van der Waals surface area (Å²) in [6.45, 7) is 0. The molecule has 600 valence electrons. The van der Waals surface area contributed by atoms with Crippen LogP contribution in [-0.4, -0.2) is 53.2 Å². The lowest BCUT2D eigenvalue weighted by molar-refractivity contribution is 0.574. The van der Waals surface area contributed by atoms with E-state index in [4.69, 9.17) is 28.8 Å². The lowest BCUT2D eigenvalue weighted by Crippen LogP contribution is -2.00. The Bertz CT molecular complexity index is 9230. The molecule has 0 N–H and O–H groups in total. The maximum atomic E-state index is 6.16. The van der Waals surface area contributed by atoms with Crippen molar-refractivity contribution in [2.24, 2.45) is 0 Å². The third-order valence-corrected chi connectivity index (χ3v) is 29.1. The lowest BCUT2D eigenvalue weighted by atomic mass is 10.1. The predicted molar refractivity (Wildman–Crippen MR) is 535 cm³/mol. The van der Waals surface area contributed by atoms with E-state index in [1.807, 2.05) is 142 Å². The van der Waals surface area contributed by atoms with Crippen LogP contribution in [0.1, 0.15) is 0 Å². The molecule has 0 atom stereocenters. The molecular formula is C111H65N11O2S4. The number of hydrogen-bond acceptors (Lipinski definition) is 13. The Kier molecular flexibility index (Phi) is 17.1.